The summed E-state index contributed by atoms with van der Waals surface area (Å²) in [6.45, 7) is 6.68. The minimum absolute atomic E-state index is 0. The third kappa shape index (κ3) is 6.70. The van der Waals surface area contributed by atoms with Gasteiger partial charge in [0, 0.05) is 38.4 Å². The molecule has 122 valence electrons. The third-order valence-corrected chi connectivity index (χ3v) is 4.03. The molecular formula is C15H26Cl3N3. The summed E-state index contributed by atoms with van der Waals surface area (Å²) in [5, 5.41) is 4.00. The summed E-state index contributed by atoms with van der Waals surface area (Å²) in [6.07, 6.45) is 7.03. The summed E-state index contributed by atoms with van der Waals surface area (Å²) >= 11 is 5.89. The number of nitrogens with one attached hydrogen (secondary N) is 1. The molecule has 1 saturated heterocycles. The highest BCUT2D eigenvalue weighted by Gasteiger charge is 2.21. The lowest BCUT2D eigenvalue weighted by atomic mass is 9.99. The van der Waals surface area contributed by atoms with Crippen molar-refractivity contribution < 1.29 is 0 Å². The third-order valence-electron chi connectivity index (χ3n) is 3.81. The molecule has 0 unspecified atom stereocenters. The van der Waals surface area contributed by atoms with Gasteiger partial charge in [-0.2, -0.15) is 0 Å². The maximum atomic E-state index is 5.89. The van der Waals surface area contributed by atoms with Crippen molar-refractivity contribution in [2.45, 2.75) is 38.6 Å². The number of rotatable bonds is 6. The quantitative estimate of drug-likeness (QED) is 0.615. The lowest BCUT2D eigenvalue weighted by Gasteiger charge is -2.35. The van der Waals surface area contributed by atoms with Gasteiger partial charge >= 0.3 is 0 Å². The first kappa shape index (κ1) is 20.9. The van der Waals surface area contributed by atoms with Crippen LogP contribution in [0.1, 0.15) is 44.2 Å². The summed E-state index contributed by atoms with van der Waals surface area (Å²) in [6, 6.07) is 4.54. The predicted octanol–water partition coefficient (Wildman–Crippen LogP) is 4.11. The van der Waals surface area contributed by atoms with E-state index in [0.29, 0.717) is 11.2 Å². The Morgan fingerprint density at radius 2 is 1.95 bits per heavy atom. The molecule has 0 spiro atoms. The van der Waals surface area contributed by atoms with Crippen molar-refractivity contribution in [1.82, 2.24) is 15.2 Å². The van der Waals surface area contributed by atoms with E-state index in [1.54, 1.807) is 0 Å². The van der Waals surface area contributed by atoms with Gasteiger partial charge in [0.05, 0.1) is 0 Å². The van der Waals surface area contributed by atoms with Crippen molar-refractivity contribution in [2.75, 3.05) is 26.2 Å². The van der Waals surface area contributed by atoms with Crippen LogP contribution in [0.5, 0.6) is 0 Å². The molecule has 1 atom stereocenters. The van der Waals surface area contributed by atoms with Gasteiger partial charge in [0.2, 0.25) is 0 Å². The molecule has 21 heavy (non-hydrogen) atoms. The van der Waals surface area contributed by atoms with Crippen LogP contribution in [0.4, 0.5) is 0 Å². The number of pyridine rings is 1. The Balaban J connectivity index is 0.00000200. The van der Waals surface area contributed by atoms with Gasteiger partial charge in [0.25, 0.3) is 0 Å². The molecule has 1 aliphatic heterocycles. The molecule has 6 heteroatoms. The van der Waals surface area contributed by atoms with Crippen LogP contribution in [-0.2, 0) is 0 Å². The number of piperazine rings is 1. The summed E-state index contributed by atoms with van der Waals surface area (Å²) in [5.41, 5.74) is 1.31. The van der Waals surface area contributed by atoms with E-state index >= 15 is 0 Å². The Labute approximate surface area is 145 Å². The first-order valence-corrected chi connectivity index (χ1v) is 7.75. The molecule has 1 N–H and O–H groups in total. The van der Waals surface area contributed by atoms with Crippen LogP contribution in [0.15, 0.2) is 18.3 Å². The molecule has 0 amide bonds. The van der Waals surface area contributed by atoms with Crippen LogP contribution in [0.2, 0.25) is 5.15 Å². The topological polar surface area (TPSA) is 28.2 Å². The highest BCUT2D eigenvalue weighted by Crippen LogP contribution is 2.27. The average Bonchev–Trinajstić information content (AvgIpc) is 2.46. The van der Waals surface area contributed by atoms with Crippen LogP contribution < -0.4 is 5.32 Å². The molecule has 2 rings (SSSR count). The Morgan fingerprint density at radius 3 is 2.52 bits per heavy atom. The molecule has 0 aromatic carbocycles. The molecule has 0 aliphatic carbocycles. The summed E-state index contributed by atoms with van der Waals surface area (Å²) in [4.78, 5) is 6.83. The summed E-state index contributed by atoms with van der Waals surface area (Å²) in [5.74, 6) is 0. The minimum atomic E-state index is 0. The molecule has 1 fully saturated rings. The second-order valence-corrected chi connectivity index (χ2v) is 5.60. The first-order chi connectivity index (χ1) is 9.31. The van der Waals surface area contributed by atoms with E-state index in [4.69, 9.17) is 11.6 Å². The maximum Gasteiger partial charge on any atom is 0.129 e. The predicted molar refractivity (Wildman–Crippen MR) is 95.1 cm³/mol. The van der Waals surface area contributed by atoms with Crippen molar-refractivity contribution >= 4 is 36.4 Å². The average molecular weight is 355 g/mol. The Hall–Kier alpha value is -0.0600. The van der Waals surface area contributed by atoms with Crippen LogP contribution in [-0.4, -0.2) is 36.1 Å². The van der Waals surface area contributed by atoms with E-state index in [9.17, 15) is 0 Å². The highest BCUT2D eigenvalue weighted by molar-refractivity contribution is 6.29. The number of aromatic nitrogens is 1. The van der Waals surface area contributed by atoms with E-state index in [1.165, 1.54) is 31.2 Å². The smallest absolute Gasteiger partial charge is 0.129 e. The second kappa shape index (κ2) is 11.5. The van der Waals surface area contributed by atoms with Crippen molar-refractivity contribution in [3.8, 4) is 0 Å². The monoisotopic (exact) mass is 353 g/mol. The number of hydrogen-bond acceptors (Lipinski definition) is 3. The van der Waals surface area contributed by atoms with E-state index < -0.39 is 0 Å². The van der Waals surface area contributed by atoms with Gasteiger partial charge in [0.1, 0.15) is 5.15 Å². The molecule has 3 nitrogen and oxygen atoms in total. The van der Waals surface area contributed by atoms with E-state index in [0.717, 1.165) is 26.2 Å². The van der Waals surface area contributed by atoms with Gasteiger partial charge in [-0.15, -0.1) is 24.8 Å². The lowest BCUT2D eigenvalue weighted by Crippen LogP contribution is -2.45. The van der Waals surface area contributed by atoms with Crippen LogP contribution >= 0.6 is 36.4 Å². The highest BCUT2D eigenvalue weighted by atomic mass is 35.5. The standard InChI is InChI=1S/C15H24ClN3.2ClH/c1-2-3-4-5-14(19-10-8-17-9-11-19)13-6-7-15(16)18-12-13;;/h6-7,12,14,17H,2-5,8-11H2,1H3;2*1H/t14-;;/m0../s1. The van der Waals surface area contributed by atoms with Gasteiger partial charge in [-0.25, -0.2) is 4.98 Å². The molecule has 1 aliphatic rings. The molecule has 1 aromatic rings. The largest absolute Gasteiger partial charge is 0.314 e. The Kier molecular flexibility index (Phi) is 11.5. The number of nitrogens with zero attached hydrogens (tertiary/aromatic N) is 2. The normalized spacial score (nSPS) is 16.7. The molecular weight excluding hydrogens is 329 g/mol. The zero-order valence-corrected chi connectivity index (χ0v) is 14.9. The van der Waals surface area contributed by atoms with Crippen LogP contribution in [0.3, 0.4) is 0 Å². The first-order valence-electron chi connectivity index (χ1n) is 7.37. The van der Waals surface area contributed by atoms with Crippen LogP contribution in [0.25, 0.3) is 0 Å². The van der Waals surface area contributed by atoms with Gasteiger partial charge < -0.3 is 5.32 Å². The minimum Gasteiger partial charge on any atom is -0.314 e. The van der Waals surface area contributed by atoms with Crippen molar-refractivity contribution in [1.29, 1.82) is 0 Å². The fourth-order valence-corrected chi connectivity index (χ4v) is 2.84. The molecule has 1 aromatic heterocycles. The Bertz CT molecular complexity index is 367. The molecule has 0 saturated carbocycles. The van der Waals surface area contributed by atoms with Gasteiger partial charge in [-0.05, 0) is 18.1 Å². The molecule has 2 heterocycles. The second-order valence-electron chi connectivity index (χ2n) is 5.21. The summed E-state index contributed by atoms with van der Waals surface area (Å²) in [7, 11) is 0. The van der Waals surface area contributed by atoms with Crippen molar-refractivity contribution in [2.24, 2.45) is 0 Å². The SMILES string of the molecule is CCCCC[C@@H](c1ccc(Cl)nc1)N1CCNCC1.Cl.Cl. The van der Waals surface area contributed by atoms with Crippen molar-refractivity contribution in [3.05, 3.63) is 29.0 Å². The van der Waals surface area contributed by atoms with Gasteiger partial charge in [-0.3, -0.25) is 4.90 Å². The molecule has 0 bridgehead atoms. The van der Waals surface area contributed by atoms with Gasteiger partial charge in [0.15, 0.2) is 0 Å². The fraction of sp³-hybridized carbons (Fsp3) is 0.667. The number of halogens is 3. The number of unbranched alkanes of at least 4 members (excludes halogenated alkanes) is 2. The molecule has 0 radical (unpaired) electrons. The lowest BCUT2D eigenvalue weighted by molar-refractivity contribution is 0.162. The van der Waals surface area contributed by atoms with Crippen LogP contribution in [0, 0.1) is 0 Å². The zero-order valence-electron chi connectivity index (χ0n) is 12.6. The maximum absolute atomic E-state index is 5.89. The zero-order chi connectivity index (χ0) is 13.5. The fourth-order valence-electron chi connectivity index (χ4n) is 2.73. The van der Waals surface area contributed by atoms with Crippen molar-refractivity contribution in [3.63, 3.8) is 0 Å². The number of hydrogen-bond donors (Lipinski definition) is 1. The summed E-state index contributed by atoms with van der Waals surface area (Å²) < 4.78 is 0. The Morgan fingerprint density at radius 1 is 1.24 bits per heavy atom. The van der Waals surface area contributed by atoms with E-state index in [1.807, 2.05) is 12.3 Å². The van der Waals surface area contributed by atoms with Gasteiger partial charge in [-0.1, -0.05) is 43.9 Å². The van der Waals surface area contributed by atoms with E-state index in [-0.39, 0.29) is 24.8 Å². The van der Waals surface area contributed by atoms with E-state index in [2.05, 4.69) is 28.2 Å².